The summed E-state index contributed by atoms with van der Waals surface area (Å²) >= 11 is 0. The van der Waals surface area contributed by atoms with Crippen LogP contribution in [0.1, 0.15) is 18.1 Å². The van der Waals surface area contributed by atoms with Gasteiger partial charge in [0.05, 0.1) is 26.4 Å². The third-order valence-electron chi connectivity index (χ3n) is 4.98. The number of halogens is 1. The average molecular weight is 403 g/mol. The van der Waals surface area contributed by atoms with Gasteiger partial charge in [0.15, 0.2) is 17.5 Å². The molecule has 0 aliphatic carbocycles. The molecule has 1 aromatic heterocycles. The summed E-state index contributed by atoms with van der Waals surface area (Å²) in [7, 11) is 1.48. The molecule has 0 atom stereocenters. The van der Waals surface area contributed by atoms with E-state index in [1.54, 1.807) is 12.1 Å². The molecule has 2 aromatic rings. The number of piperazine rings is 1. The van der Waals surface area contributed by atoms with Crippen LogP contribution < -0.4 is 10.1 Å². The molecule has 8 heteroatoms. The topological polar surface area (TPSA) is 57.9 Å². The SMILES string of the molecule is CCNC(=NCCn1cc(C)cn1)N1CCN(Cc2ccc(OC)c(F)c2)CC1. The van der Waals surface area contributed by atoms with Gasteiger partial charge in [-0.05, 0) is 37.1 Å². The molecule has 1 saturated heterocycles. The second-order valence-corrected chi connectivity index (χ2v) is 7.25. The predicted molar refractivity (Wildman–Crippen MR) is 113 cm³/mol. The molecular weight excluding hydrogens is 371 g/mol. The standard InChI is InChI=1S/C21H31FN6O/c1-4-23-21(24-7-8-28-15-17(2)14-25-28)27-11-9-26(10-12-27)16-18-5-6-20(29-3)19(22)13-18/h5-6,13-15H,4,7-12,16H2,1-3H3,(H,23,24). The van der Waals surface area contributed by atoms with Crippen LogP contribution in [0.25, 0.3) is 0 Å². The van der Waals surface area contributed by atoms with Crippen molar-refractivity contribution in [3.8, 4) is 5.75 Å². The van der Waals surface area contributed by atoms with Gasteiger partial charge in [0.2, 0.25) is 0 Å². The highest BCUT2D eigenvalue weighted by atomic mass is 19.1. The Labute approximate surface area is 172 Å². The fourth-order valence-electron chi connectivity index (χ4n) is 3.46. The van der Waals surface area contributed by atoms with Crippen LogP contribution in [0.15, 0.2) is 35.6 Å². The fourth-order valence-corrected chi connectivity index (χ4v) is 3.46. The maximum absolute atomic E-state index is 13.9. The number of benzene rings is 1. The Morgan fingerprint density at radius 1 is 1.28 bits per heavy atom. The van der Waals surface area contributed by atoms with E-state index in [0.717, 1.165) is 62.9 Å². The third kappa shape index (κ3) is 5.93. The summed E-state index contributed by atoms with van der Waals surface area (Å²) in [6.07, 6.45) is 3.89. The van der Waals surface area contributed by atoms with Gasteiger partial charge >= 0.3 is 0 Å². The quantitative estimate of drug-likeness (QED) is 0.568. The van der Waals surface area contributed by atoms with Crippen LogP contribution in [0.2, 0.25) is 0 Å². The molecule has 0 saturated carbocycles. The Morgan fingerprint density at radius 2 is 2.07 bits per heavy atom. The maximum atomic E-state index is 13.9. The fraction of sp³-hybridized carbons (Fsp3) is 0.524. The highest BCUT2D eigenvalue weighted by Gasteiger charge is 2.20. The molecule has 1 aliphatic rings. The van der Waals surface area contributed by atoms with Gasteiger partial charge in [-0.3, -0.25) is 14.6 Å². The molecule has 2 heterocycles. The highest BCUT2D eigenvalue weighted by Crippen LogP contribution is 2.19. The van der Waals surface area contributed by atoms with Gasteiger partial charge in [-0.25, -0.2) is 4.39 Å². The molecule has 0 amide bonds. The molecular formula is C21H31FN6O. The number of rotatable bonds is 7. The molecule has 7 nitrogen and oxygen atoms in total. The van der Waals surface area contributed by atoms with Crippen LogP contribution in [0.3, 0.4) is 0 Å². The Hall–Kier alpha value is -2.61. The number of aryl methyl sites for hydroxylation is 1. The molecule has 0 unspecified atom stereocenters. The van der Waals surface area contributed by atoms with Crippen molar-refractivity contribution in [1.29, 1.82) is 0 Å². The lowest BCUT2D eigenvalue weighted by Crippen LogP contribution is -2.52. The lowest BCUT2D eigenvalue weighted by Gasteiger charge is -2.36. The average Bonchev–Trinajstić information content (AvgIpc) is 3.13. The predicted octanol–water partition coefficient (Wildman–Crippen LogP) is 2.12. The Balaban J connectivity index is 1.51. The van der Waals surface area contributed by atoms with Crippen LogP contribution >= 0.6 is 0 Å². The lowest BCUT2D eigenvalue weighted by molar-refractivity contribution is 0.172. The number of methoxy groups -OCH3 is 1. The van der Waals surface area contributed by atoms with Gasteiger partial charge in [0.1, 0.15) is 0 Å². The first-order valence-electron chi connectivity index (χ1n) is 10.2. The van der Waals surface area contributed by atoms with E-state index in [-0.39, 0.29) is 11.6 Å². The first kappa shape index (κ1) is 21.1. The number of nitrogens with one attached hydrogen (secondary N) is 1. The van der Waals surface area contributed by atoms with E-state index >= 15 is 0 Å². The van der Waals surface area contributed by atoms with Gasteiger partial charge in [0.25, 0.3) is 0 Å². The summed E-state index contributed by atoms with van der Waals surface area (Å²) in [6.45, 7) is 10.8. The Bertz CT molecular complexity index is 813. The number of guanidine groups is 1. The zero-order valence-electron chi connectivity index (χ0n) is 17.6. The largest absolute Gasteiger partial charge is 0.494 e. The van der Waals surface area contributed by atoms with Gasteiger partial charge < -0.3 is 15.0 Å². The van der Waals surface area contributed by atoms with Crippen molar-refractivity contribution in [3.05, 3.63) is 47.5 Å². The molecule has 0 spiro atoms. The smallest absolute Gasteiger partial charge is 0.194 e. The van der Waals surface area contributed by atoms with Crippen LogP contribution in [-0.4, -0.2) is 71.9 Å². The number of ether oxygens (including phenoxy) is 1. The number of hydrogen-bond acceptors (Lipinski definition) is 4. The number of nitrogens with zero attached hydrogens (tertiary/aromatic N) is 5. The van der Waals surface area contributed by atoms with Gasteiger partial charge in [-0.15, -0.1) is 0 Å². The molecule has 158 valence electrons. The van der Waals surface area contributed by atoms with Crippen LogP contribution in [0, 0.1) is 12.7 Å². The molecule has 1 aromatic carbocycles. The maximum Gasteiger partial charge on any atom is 0.194 e. The van der Waals surface area contributed by atoms with E-state index in [9.17, 15) is 4.39 Å². The molecule has 3 rings (SSSR count). The molecule has 1 aliphatic heterocycles. The minimum atomic E-state index is -0.308. The van der Waals surface area contributed by atoms with Crippen LogP contribution in [-0.2, 0) is 13.1 Å². The van der Waals surface area contributed by atoms with Crippen LogP contribution in [0.5, 0.6) is 5.75 Å². The van der Waals surface area contributed by atoms with E-state index in [1.807, 2.05) is 30.1 Å². The summed E-state index contributed by atoms with van der Waals surface area (Å²) in [6, 6.07) is 5.18. The lowest BCUT2D eigenvalue weighted by atomic mass is 10.2. The second-order valence-electron chi connectivity index (χ2n) is 7.25. The van der Waals surface area contributed by atoms with Crippen molar-refractivity contribution < 1.29 is 9.13 Å². The Kier molecular flexibility index (Phi) is 7.46. The van der Waals surface area contributed by atoms with Crippen molar-refractivity contribution in [2.24, 2.45) is 4.99 Å². The van der Waals surface area contributed by atoms with E-state index in [1.165, 1.54) is 7.11 Å². The number of hydrogen-bond donors (Lipinski definition) is 1. The van der Waals surface area contributed by atoms with Crippen molar-refractivity contribution in [2.75, 3.05) is 46.4 Å². The molecule has 29 heavy (non-hydrogen) atoms. The minimum absolute atomic E-state index is 0.287. The molecule has 1 N–H and O–H groups in total. The summed E-state index contributed by atoms with van der Waals surface area (Å²) in [5.74, 6) is 0.930. The summed E-state index contributed by atoms with van der Waals surface area (Å²) < 4.78 is 20.8. The highest BCUT2D eigenvalue weighted by molar-refractivity contribution is 5.80. The first-order valence-corrected chi connectivity index (χ1v) is 10.2. The van der Waals surface area contributed by atoms with E-state index < -0.39 is 0 Å². The zero-order chi connectivity index (χ0) is 20.6. The minimum Gasteiger partial charge on any atom is -0.494 e. The summed E-state index contributed by atoms with van der Waals surface area (Å²) in [5, 5.41) is 7.70. The summed E-state index contributed by atoms with van der Waals surface area (Å²) in [4.78, 5) is 9.41. The van der Waals surface area contributed by atoms with E-state index in [2.05, 4.69) is 27.1 Å². The Morgan fingerprint density at radius 3 is 2.69 bits per heavy atom. The second kappa shape index (κ2) is 10.2. The van der Waals surface area contributed by atoms with Crippen molar-refractivity contribution in [2.45, 2.75) is 26.9 Å². The van der Waals surface area contributed by atoms with Crippen molar-refractivity contribution >= 4 is 5.96 Å². The first-order chi connectivity index (χ1) is 14.1. The number of aliphatic imine (C=N–C) groups is 1. The summed E-state index contributed by atoms with van der Waals surface area (Å²) in [5.41, 5.74) is 2.13. The van der Waals surface area contributed by atoms with Crippen molar-refractivity contribution in [1.82, 2.24) is 24.9 Å². The normalized spacial score (nSPS) is 15.6. The molecule has 1 fully saturated rings. The monoisotopic (exact) mass is 402 g/mol. The van der Waals surface area contributed by atoms with Gasteiger partial charge in [-0.2, -0.15) is 5.10 Å². The van der Waals surface area contributed by atoms with Gasteiger partial charge in [0, 0.05) is 45.5 Å². The van der Waals surface area contributed by atoms with Gasteiger partial charge in [-0.1, -0.05) is 6.07 Å². The zero-order valence-corrected chi connectivity index (χ0v) is 17.6. The van der Waals surface area contributed by atoms with E-state index in [4.69, 9.17) is 9.73 Å². The van der Waals surface area contributed by atoms with Crippen LogP contribution in [0.4, 0.5) is 4.39 Å². The van der Waals surface area contributed by atoms with E-state index in [0.29, 0.717) is 6.54 Å². The number of aromatic nitrogens is 2. The molecule has 0 radical (unpaired) electrons. The van der Waals surface area contributed by atoms with Crippen molar-refractivity contribution in [3.63, 3.8) is 0 Å². The third-order valence-corrected chi connectivity index (χ3v) is 4.98. The molecule has 0 bridgehead atoms.